The van der Waals surface area contributed by atoms with Crippen LogP contribution in [0, 0.1) is 11.8 Å². The van der Waals surface area contributed by atoms with Crippen LogP contribution in [0.25, 0.3) is 10.8 Å². The van der Waals surface area contributed by atoms with Gasteiger partial charge in [-0.3, -0.25) is 9.59 Å². The molecular formula is C18H16F3NO3S. The Labute approximate surface area is 152 Å². The number of hydrogen-bond acceptors (Lipinski definition) is 3. The molecule has 1 fully saturated rings. The lowest BCUT2D eigenvalue weighted by Gasteiger charge is -2.18. The number of likely N-dealkylation sites (tertiary alicyclic amines) is 1. The highest BCUT2D eigenvalue weighted by Gasteiger charge is 2.53. The molecule has 1 saturated heterocycles. The maximum Gasteiger partial charge on any atom is 0.394 e. The molecule has 0 bridgehead atoms. The highest BCUT2D eigenvalue weighted by atomic mass is 32.2. The van der Waals surface area contributed by atoms with Gasteiger partial charge in [-0.05, 0) is 22.9 Å². The molecule has 0 saturated carbocycles. The molecule has 1 N–H and O–H groups in total. The molecule has 2 aromatic carbocycles. The molecule has 0 radical (unpaired) electrons. The normalized spacial score (nSPS) is 20.5. The molecule has 8 heteroatoms. The second-order valence-corrected chi connectivity index (χ2v) is 7.24. The Hall–Kier alpha value is -2.22. The molecule has 2 aromatic rings. The molecule has 0 spiro atoms. The third kappa shape index (κ3) is 3.95. The minimum absolute atomic E-state index is 0.0325. The van der Waals surface area contributed by atoms with E-state index in [-0.39, 0.29) is 5.75 Å². The predicted molar refractivity (Wildman–Crippen MR) is 91.9 cm³/mol. The smallest absolute Gasteiger partial charge is 0.394 e. The van der Waals surface area contributed by atoms with E-state index >= 15 is 0 Å². The van der Waals surface area contributed by atoms with Gasteiger partial charge in [0.15, 0.2) is 0 Å². The van der Waals surface area contributed by atoms with Crippen LogP contribution in [0.4, 0.5) is 13.2 Å². The van der Waals surface area contributed by atoms with Crippen molar-refractivity contribution in [2.24, 2.45) is 11.8 Å². The van der Waals surface area contributed by atoms with Crippen molar-refractivity contribution in [3.05, 3.63) is 42.5 Å². The first-order valence-corrected chi connectivity index (χ1v) is 8.93. The van der Waals surface area contributed by atoms with Gasteiger partial charge in [0.25, 0.3) is 0 Å². The van der Waals surface area contributed by atoms with Crippen molar-refractivity contribution in [3.8, 4) is 0 Å². The van der Waals surface area contributed by atoms with Crippen molar-refractivity contribution in [3.63, 3.8) is 0 Å². The average molecular weight is 383 g/mol. The number of carbonyl (C=O) groups excluding carboxylic acids is 1. The van der Waals surface area contributed by atoms with Crippen LogP contribution in [-0.2, 0) is 9.59 Å². The first kappa shape index (κ1) is 18.6. The van der Waals surface area contributed by atoms with Crippen LogP contribution in [0.5, 0.6) is 0 Å². The second-order valence-electron chi connectivity index (χ2n) is 6.19. The Balaban J connectivity index is 1.65. The van der Waals surface area contributed by atoms with E-state index in [1.165, 1.54) is 11.8 Å². The summed E-state index contributed by atoms with van der Waals surface area (Å²) in [5.41, 5.74) is 0. The molecule has 26 heavy (non-hydrogen) atoms. The number of thioether (sulfide) groups is 1. The number of benzene rings is 2. The second kappa shape index (κ2) is 7.19. The van der Waals surface area contributed by atoms with Crippen LogP contribution >= 0.6 is 11.8 Å². The van der Waals surface area contributed by atoms with Gasteiger partial charge < -0.3 is 10.0 Å². The zero-order chi connectivity index (χ0) is 18.9. The molecule has 0 aliphatic carbocycles. The van der Waals surface area contributed by atoms with Gasteiger partial charge in [-0.15, -0.1) is 11.8 Å². The van der Waals surface area contributed by atoms with E-state index in [4.69, 9.17) is 5.11 Å². The SMILES string of the molecule is O=C(O)[C@@H]1CN(C(=O)CSc2ccc3ccccc3c2)C[C@H]1C(F)(F)F. The number of halogens is 3. The van der Waals surface area contributed by atoms with Gasteiger partial charge in [0.05, 0.1) is 17.6 Å². The van der Waals surface area contributed by atoms with Crippen molar-refractivity contribution in [1.29, 1.82) is 0 Å². The fourth-order valence-corrected chi connectivity index (χ4v) is 3.93. The quantitative estimate of drug-likeness (QED) is 0.819. The van der Waals surface area contributed by atoms with Gasteiger partial charge in [0, 0.05) is 18.0 Å². The number of carbonyl (C=O) groups is 2. The summed E-state index contributed by atoms with van der Waals surface area (Å²) in [7, 11) is 0. The largest absolute Gasteiger partial charge is 0.481 e. The molecule has 1 aliphatic rings. The molecular weight excluding hydrogens is 367 g/mol. The van der Waals surface area contributed by atoms with Crippen LogP contribution < -0.4 is 0 Å². The van der Waals surface area contributed by atoms with E-state index in [0.29, 0.717) is 0 Å². The maximum atomic E-state index is 13.0. The zero-order valence-electron chi connectivity index (χ0n) is 13.6. The molecule has 4 nitrogen and oxygen atoms in total. The van der Waals surface area contributed by atoms with E-state index in [2.05, 4.69) is 0 Å². The van der Waals surface area contributed by atoms with E-state index in [1.54, 1.807) is 0 Å². The third-order valence-electron chi connectivity index (χ3n) is 4.49. The lowest BCUT2D eigenvalue weighted by Crippen LogP contribution is -2.34. The summed E-state index contributed by atoms with van der Waals surface area (Å²) in [5.74, 6) is -5.67. The maximum absolute atomic E-state index is 13.0. The third-order valence-corrected chi connectivity index (χ3v) is 5.47. The van der Waals surface area contributed by atoms with Crippen LogP contribution in [-0.4, -0.2) is 46.9 Å². The molecule has 2 atom stereocenters. The zero-order valence-corrected chi connectivity index (χ0v) is 14.4. The van der Waals surface area contributed by atoms with Crippen LogP contribution in [0.2, 0.25) is 0 Å². The Morgan fingerprint density at radius 1 is 1.12 bits per heavy atom. The minimum Gasteiger partial charge on any atom is -0.481 e. The predicted octanol–water partition coefficient (Wildman–Crippen LogP) is 3.65. The highest BCUT2D eigenvalue weighted by molar-refractivity contribution is 8.00. The molecule has 0 aromatic heterocycles. The van der Waals surface area contributed by atoms with Crippen molar-refractivity contribution >= 4 is 34.4 Å². The molecule has 3 rings (SSSR count). The number of carboxylic acids is 1. The van der Waals surface area contributed by atoms with Gasteiger partial charge >= 0.3 is 12.1 Å². The van der Waals surface area contributed by atoms with E-state index in [1.807, 2.05) is 42.5 Å². The summed E-state index contributed by atoms with van der Waals surface area (Å²) < 4.78 is 39.0. The van der Waals surface area contributed by atoms with E-state index < -0.39 is 43.0 Å². The van der Waals surface area contributed by atoms with Gasteiger partial charge in [0.1, 0.15) is 0 Å². The van der Waals surface area contributed by atoms with Gasteiger partial charge in [-0.1, -0.05) is 30.3 Å². The summed E-state index contributed by atoms with van der Waals surface area (Å²) in [4.78, 5) is 25.2. The Morgan fingerprint density at radius 2 is 1.81 bits per heavy atom. The summed E-state index contributed by atoms with van der Waals surface area (Å²) in [6.45, 7) is -1.01. The van der Waals surface area contributed by atoms with Gasteiger partial charge in [-0.25, -0.2) is 0 Å². The molecule has 1 heterocycles. The van der Waals surface area contributed by atoms with E-state index in [0.717, 1.165) is 20.6 Å². The number of nitrogens with zero attached hydrogens (tertiary/aromatic N) is 1. The molecule has 138 valence electrons. The number of rotatable bonds is 4. The average Bonchev–Trinajstić information content (AvgIpc) is 3.05. The van der Waals surface area contributed by atoms with Crippen molar-refractivity contribution < 1.29 is 27.9 Å². The fraction of sp³-hybridized carbons (Fsp3) is 0.333. The first-order valence-electron chi connectivity index (χ1n) is 7.94. The van der Waals surface area contributed by atoms with Crippen molar-refractivity contribution in [2.75, 3.05) is 18.8 Å². The van der Waals surface area contributed by atoms with Crippen molar-refractivity contribution in [1.82, 2.24) is 4.90 Å². The Kier molecular flexibility index (Phi) is 5.13. The number of carboxylic acid groups (broad SMARTS) is 1. The fourth-order valence-electron chi connectivity index (χ4n) is 3.08. The van der Waals surface area contributed by atoms with E-state index in [9.17, 15) is 22.8 Å². The summed E-state index contributed by atoms with van der Waals surface area (Å²) in [6, 6.07) is 13.4. The lowest BCUT2D eigenvalue weighted by atomic mass is 9.96. The minimum atomic E-state index is -4.64. The molecule has 1 amide bonds. The number of aliphatic carboxylic acids is 1. The van der Waals surface area contributed by atoms with Crippen LogP contribution in [0.1, 0.15) is 0 Å². The Bertz CT molecular complexity index is 840. The summed E-state index contributed by atoms with van der Waals surface area (Å²) in [6.07, 6.45) is -4.64. The van der Waals surface area contributed by atoms with Gasteiger partial charge in [0.2, 0.25) is 5.91 Å². The lowest BCUT2D eigenvalue weighted by molar-refractivity contribution is -0.188. The molecule has 1 aliphatic heterocycles. The first-order chi connectivity index (χ1) is 12.3. The summed E-state index contributed by atoms with van der Waals surface area (Å²) >= 11 is 1.23. The van der Waals surface area contributed by atoms with Crippen LogP contribution in [0.15, 0.2) is 47.4 Å². The van der Waals surface area contributed by atoms with Crippen LogP contribution in [0.3, 0.4) is 0 Å². The van der Waals surface area contributed by atoms with Crippen molar-refractivity contribution in [2.45, 2.75) is 11.1 Å². The standard InChI is InChI=1S/C18H16F3NO3S/c19-18(20,21)15-9-22(8-14(15)17(24)25)16(23)10-26-13-6-5-11-3-1-2-4-12(11)7-13/h1-7,14-15H,8-10H2,(H,24,25)/t14-,15-/m1/s1. The number of amides is 1. The number of hydrogen-bond donors (Lipinski definition) is 1. The summed E-state index contributed by atoms with van der Waals surface area (Å²) in [5, 5.41) is 11.1. The number of alkyl halides is 3. The van der Waals surface area contributed by atoms with Gasteiger partial charge in [-0.2, -0.15) is 13.2 Å². The molecule has 0 unspecified atom stereocenters. The monoisotopic (exact) mass is 383 g/mol. The topological polar surface area (TPSA) is 57.6 Å². The Morgan fingerprint density at radius 3 is 2.42 bits per heavy atom. The number of fused-ring (bicyclic) bond motifs is 1. The highest BCUT2D eigenvalue weighted by Crippen LogP contribution is 2.38.